The van der Waals surface area contributed by atoms with Crippen molar-refractivity contribution in [2.45, 2.75) is 42.2 Å². The van der Waals surface area contributed by atoms with Gasteiger partial charge in [0.25, 0.3) is 0 Å². The van der Waals surface area contributed by atoms with E-state index in [4.69, 9.17) is 5.11 Å². The van der Waals surface area contributed by atoms with Gasteiger partial charge in [-0.05, 0) is 0 Å². The number of rotatable bonds is 6. The molecule has 0 aliphatic rings. The van der Waals surface area contributed by atoms with E-state index in [2.05, 4.69) is 0 Å². The van der Waals surface area contributed by atoms with Crippen LogP contribution in [0.3, 0.4) is 0 Å². The smallest absolute Gasteiger partial charge is 0.460 e. The molecule has 0 amide bonds. The highest BCUT2D eigenvalue weighted by molar-refractivity contribution is 5.68. The van der Waals surface area contributed by atoms with E-state index >= 15 is 0 Å². The molecule has 15 heteroatoms. The predicted octanol–water partition coefficient (Wildman–Crippen LogP) is 4.20. The Balaban J connectivity index is 6.19. The van der Waals surface area contributed by atoms with Crippen LogP contribution in [0, 0.1) is 0 Å². The molecule has 23 heavy (non-hydrogen) atoms. The zero-order valence-corrected chi connectivity index (χ0v) is 9.98. The monoisotopic (exact) mass is 380 g/mol. The Labute approximate surface area is 116 Å². The summed E-state index contributed by atoms with van der Waals surface area (Å²) in [7, 11) is 0. The molecule has 0 aliphatic heterocycles. The number of alkyl halides is 13. The highest BCUT2D eigenvalue weighted by Gasteiger charge is 2.90. The molecule has 0 rings (SSSR count). The molecule has 0 aliphatic carbocycles. The Morgan fingerprint density at radius 3 is 1.17 bits per heavy atom. The van der Waals surface area contributed by atoms with Crippen molar-refractivity contribution in [1.29, 1.82) is 0 Å². The number of carboxylic acids is 1. The molecule has 2 nitrogen and oxygen atoms in total. The molecule has 0 spiro atoms. The van der Waals surface area contributed by atoms with Gasteiger partial charge < -0.3 is 5.11 Å². The first-order valence-corrected chi connectivity index (χ1v) is 4.84. The SMILES string of the molecule is O=[13C](O)[13CH2]C(F)(F)C(F)(F)C(F)(F)C(F)(F)C(F)(F)C(F)(F)F. The van der Waals surface area contributed by atoms with Gasteiger partial charge in [0.2, 0.25) is 0 Å². The van der Waals surface area contributed by atoms with Gasteiger partial charge in [-0.25, -0.2) is 0 Å². The van der Waals surface area contributed by atoms with E-state index in [9.17, 15) is 61.9 Å². The van der Waals surface area contributed by atoms with Crippen LogP contribution in [0.1, 0.15) is 6.42 Å². The summed E-state index contributed by atoms with van der Waals surface area (Å²) in [6.07, 6.45) is -10.7. The first kappa shape index (κ1) is 21.6. The first-order chi connectivity index (χ1) is 9.67. The summed E-state index contributed by atoms with van der Waals surface area (Å²) in [5.41, 5.74) is 0. The van der Waals surface area contributed by atoms with E-state index in [0.29, 0.717) is 0 Å². The fourth-order valence-electron chi connectivity index (χ4n) is 1.10. The number of aliphatic carboxylic acids is 1. The van der Waals surface area contributed by atoms with Gasteiger partial charge in [-0.3, -0.25) is 4.79 Å². The van der Waals surface area contributed by atoms with Gasteiger partial charge in [0.05, 0.1) is 0 Å². The molecule has 0 bridgehead atoms. The van der Waals surface area contributed by atoms with Crippen molar-refractivity contribution >= 4 is 5.97 Å². The van der Waals surface area contributed by atoms with Crippen molar-refractivity contribution < 1.29 is 67.0 Å². The molecule has 0 unspecified atom stereocenters. The van der Waals surface area contributed by atoms with Crippen molar-refractivity contribution in [3.63, 3.8) is 0 Å². The Hall–Kier alpha value is -1.44. The summed E-state index contributed by atoms with van der Waals surface area (Å²) in [5, 5.41) is 7.80. The van der Waals surface area contributed by atoms with Gasteiger partial charge in [0, 0.05) is 0 Å². The fraction of sp³-hybridized carbons (Fsp3) is 0.875. The zero-order chi connectivity index (χ0) is 19.3. The maximum atomic E-state index is 12.8. The second-order valence-corrected chi connectivity index (χ2v) is 4.07. The standard InChI is InChI=1S/C8H3F13O2/c9-3(10,1-2(22)23)4(11,12)5(13,14)6(15,16)7(17,18)8(19,20)21/h1H2,(H,22,23)/i1+1,2+1. The third-order valence-electron chi connectivity index (χ3n) is 2.37. The van der Waals surface area contributed by atoms with Crippen molar-refractivity contribution in [2.24, 2.45) is 0 Å². The van der Waals surface area contributed by atoms with Crippen LogP contribution >= 0.6 is 0 Å². The summed E-state index contributed by atoms with van der Waals surface area (Å²) in [5.74, 6) is -40.8. The van der Waals surface area contributed by atoms with Crippen LogP contribution < -0.4 is 0 Å². The van der Waals surface area contributed by atoms with E-state index in [1.807, 2.05) is 0 Å². The average molecular weight is 380 g/mol. The minimum absolute atomic E-state index is 2.93. The lowest BCUT2D eigenvalue weighted by Gasteiger charge is -2.39. The highest BCUT2D eigenvalue weighted by Crippen LogP contribution is 2.60. The summed E-state index contributed by atoms with van der Waals surface area (Å²) in [6, 6.07) is 0. The van der Waals surface area contributed by atoms with Gasteiger partial charge in [-0.15, -0.1) is 0 Å². The molecule has 1 N–H and O–H groups in total. The second kappa shape index (κ2) is 5.29. The number of hydrogen-bond acceptors (Lipinski definition) is 1. The van der Waals surface area contributed by atoms with E-state index < -0.39 is 48.2 Å². The van der Waals surface area contributed by atoms with Crippen LogP contribution in [0.4, 0.5) is 57.1 Å². The van der Waals surface area contributed by atoms with Crippen LogP contribution in [0.5, 0.6) is 0 Å². The normalized spacial score (nSPS) is 15.7. The summed E-state index contributed by atoms with van der Waals surface area (Å²) in [6.45, 7) is 0. The lowest BCUT2D eigenvalue weighted by molar-refractivity contribution is -0.439. The molecule has 0 fully saturated rings. The first-order valence-electron chi connectivity index (χ1n) is 4.84. The maximum Gasteiger partial charge on any atom is 0.460 e. The minimum Gasteiger partial charge on any atom is -0.481 e. The molecule has 0 aromatic carbocycles. The van der Waals surface area contributed by atoms with E-state index in [1.165, 1.54) is 0 Å². The molecule has 0 aromatic heterocycles. The van der Waals surface area contributed by atoms with Crippen LogP contribution in [0.15, 0.2) is 0 Å². The summed E-state index contributed by atoms with van der Waals surface area (Å²) < 4.78 is 162. The van der Waals surface area contributed by atoms with E-state index in [0.717, 1.165) is 0 Å². The van der Waals surface area contributed by atoms with Crippen molar-refractivity contribution in [3.8, 4) is 0 Å². The van der Waals surface area contributed by atoms with Crippen LogP contribution in [0.2, 0.25) is 0 Å². The summed E-state index contributed by atoms with van der Waals surface area (Å²) >= 11 is 0. The molecule has 0 saturated carbocycles. The Morgan fingerprint density at radius 2 is 0.913 bits per heavy atom. The van der Waals surface area contributed by atoms with Gasteiger partial charge >= 0.3 is 41.8 Å². The van der Waals surface area contributed by atoms with Gasteiger partial charge in [0.1, 0.15) is 6.42 Å². The fourth-order valence-corrected chi connectivity index (χ4v) is 1.10. The van der Waals surface area contributed by atoms with Gasteiger partial charge in [-0.1, -0.05) is 0 Å². The van der Waals surface area contributed by atoms with Crippen LogP contribution in [0.25, 0.3) is 0 Å². The van der Waals surface area contributed by atoms with Gasteiger partial charge in [0.15, 0.2) is 0 Å². The number of carbonyl (C=O) groups is 1. The third-order valence-corrected chi connectivity index (χ3v) is 2.37. The molecule has 0 atom stereocenters. The lowest BCUT2D eigenvalue weighted by atomic mass is 9.96. The van der Waals surface area contributed by atoms with Crippen molar-refractivity contribution in [2.75, 3.05) is 0 Å². The van der Waals surface area contributed by atoms with Gasteiger partial charge in [-0.2, -0.15) is 57.1 Å². The largest absolute Gasteiger partial charge is 0.481 e. The summed E-state index contributed by atoms with van der Waals surface area (Å²) in [4.78, 5) is 9.82. The molecule has 0 aromatic rings. The molecule has 0 radical (unpaired) electrons. The third kappa shape index (κ3) is 3.00. The van der Waals surface area contributed by atoms with Crippen molar-refractivity contribution in [3.05, 3.63) is 0 Å². The van der Waals surface area contributed by atoms with Crippen molar-refractivity contribution in [1.82, 2.24) is 0 Å². The molecule has 138 valence electrons. The lowest BCUT2D eigenvalue weighted by Crippen LogP contribution is -2.70. The Morgan fingerprint density at radius 1 is 0.609 bits per heavy atom. The topological polar surface area (TPSA) is 37.3 Å². The van der Waals surface area contributed by atoms with E-state index in [-0.39, 0.29) is 0 Å². The highest BCUT2D eigenvalue weighted by atomic mass is 19.4. The van der Waals surface area contributed by atoms with Crippen LogP contribution in [-0.4, -0.2) is 46.9 Å². The minimum atomic E-state index is -8.01. The Bertz CT molecular complexity index is 463. The Kier molecular flexibility index (Phi) is 4.96. The van der Waals surface area contributed by atoms with Crippen LogP contribution in [-0.2, 0) is 4.79 Å². The maximum absolute atomic E-state index is 12.8. The zero-order valence-electron chi connectivity index (χ0n) is 9.98. The second-order valence-electron chi connectivity index (χ2n) is 4.07. The molecular formula is C8H3F13O2. The number of halogens is 13. The molecular weight excluding hydrogens is 377 g/mol. The van der Waals surface area contributed by atoms with E-state index in [1.54, 1.807) is 0 Å². The average Bonchev–Trinajstić information content (AvgIpc) is 2.24. The number of carboxylic acid groups (broad SMARTS) is 1. The quantitative estimate of drug-likeness (QED) is 0.554. The predicted molar refractivity (Wildman–Crippen MR) is 43.0 cm³/mol. The molecule has 0 heterocycles. The number of hydrogen-bond donors (Lipinski definition) is 1. The molecule has 0 saturated heterocycles.